The largest absolute Gasteiger partial charge is 0.494 e. The molecule has 6 heteroatoms. The van der Waals surface area contributed by atoms with Gasteiger partial charge in [-0.05, 0) is 35.7 Å². The molecule has 0 spiro atoms. The number of carbonyl (C=O) groups is 2. The number of aryl methyl sites for hydroxylation is 1. The summed E-state index contributed by atoms with van der Waals surface area (Å²) in [5.74, 6) is -0.835. The van der Waals surface area contributed by atoms with Crippen molar-refractivity contribution in [2.45, 2.75) is 26.3 Å². The van der Waals surface area contributed by atoms with Crippen LogP contribution in [0.2, 0.25) is 0 Å². The second-order valence-corrected chi connectivity index (χ2v) is 7.05. The minimum atomic E-state index is -0.459. The summed E-state index contributed by atoms with van der Waals surface area (Å²) >= 11 is 0. The van der Waals surface area contributed by atoms with Gasteiger partial charge in [0.05, 0.1) is 13.0 Å². The summed E-state index contributed by atoms with van der Waals surface area (Å²) in [7, 11) is 3.09. The van der Waals surface area contributed by atoms with Crippen molar-refractivity contribution in [2.24, 2.45) is 5.92 Å². The van der Waals surface area contributed by atoms with E-state index >= 15 is 0 Å². The van der Waals surface area contributed by atoms with E-state index in [1.807, 2.05) is 31.2 Å². The Balaban J connectivity index is 1.69. The van der Waals surface area contributed by atoms with Crippen LogP contribution >= 0.6 is 0 Å². The number of hydrogen-bond acceptors (Lipinski definition) is 3. The number of carbonyl (C=O) groups excluding carboxylic acids is 2. The molecule has 0 N–H and O–H groups in total. The number of halogens is 1. The van der Waals surface area contributed by atoms with Gasteiger partial charge >= 0.3 is 0 Å². The molecule has 1 aliphatic rings. The lowest BCUT2D eigenvalue weighted by Crippen LogP contribution is -2.34. The minimum absolute atomic E-state index is 0.0388. The van der Waals surface area contributed by atoms with Crippen molar-refractivity contribution in [3.05, 3.63) is 59.4 Å². The van der Waals surface area contributed by atoms with Gasteiger partial charge in [-0.1, -0.05) is 31.2 Å². The van der Waals surface area contributed by atoms with Gasteiger partial charge in [-0.15, -0.1) is 0 Å². The molecule has 1 aliphatic heterocycles. The van der Waals surface area contributed by atoms with Crippen LogP contribution in [0.3, 0.4) is 0 Å². The molecule has 28 heavy (non-hydrogen) atoms. The maximum Gasteiger partial charge on any atom is 0.228 e. The molecule has 1 fully saturated rings. The highest BCUT2D eigenvalue weighted by Crippen LogP contribution is 2.29. The molecule has 0 radical (unpaired) electrons. The van der Waals surface area contributed by atoms with Crippen molar-refractivity contribution in [3.63, 3.8) is 0 Å². The van der Waals surface area contributed by atoms with Gasteiger partial charge in [0.25, 0.3) is 0 Å². The van der Waals surface area contributed by atoms with Crippen LogP contribution in [0.4, 0.5) is 10.1 Å². The zero-order chi connectivity index (χ0) is 20.3. The lowest BCUT2D eigenvalue weighted by molar-refractivity contribution is -0.135. The van der Waals surface area contributed by atoms with E-state index in [0.29, 0.717) is 12.1 Å². The fraction of sp³-hybridized carbons (Fsp3) is 0.364. The van der Waals surface area contributed by atoms with Crippen LogP contribution in [-0.2, 0) is 22.6 Å². The third-order valence-corrected chi connectivity index (χ3v) is 5.15. The number of methoxy groups -OCH3 is 1. The second-order valence-electron chi connectivity index (χ2n) is 7.05. The average Bonchev–Trinajstić information content (AvgIpc) is 3.08. The van der Waals surface area contributed by atoms with E-state index in [-0.39, 0.29) is 30.5 Å². The average molecular weight is 384 g/mol. The Morgan fingerprint density at radius 2 is 2.04 bits per heavy atom. The van der Waals surface area contributed by atoms with Gasteiger partial charge in [-0.25, -0.2) is 4.39 Å². The van der Waals surface area contributed by atoms with Gasteiger partial charge in [-0.3, -0.25) is 9.59 Å². The monoisotopic (exact) mass is 384 g/mol. The molecule has 1 saturated heterocycles. The standard InChI is InChI=1S/C22H25FN2O3/c1-4-16-7-5-6-8-19(16)25-14-17(12-21(25)26)22(27)24(2)13-15-9-10-20(28-3)18(23)11-15/h5-11,17H,4,12-14H2,1-3H3/t17-/m0/s1. The molecule has 3 rings (SSSR count). The van der Waals surface area contributed by atoms with Gasteiger partial charge in [-0.2, -0.15) is 0 Å². The topological polar surface area (TPSA) is 49.9 Å². The van der Waals surface area contributed by atoms with Gasteiger partial charge in [0, 0.05) is 32.2 Å². The highest BCUT2D eigenvalue weighted by Gasteiger charge is 2.37. The minimum Gasteiger partial charge on any atom is -0.494 e. The molecule has 0 saturated carbocycles. The van der Waals surface area contributed by atoms with E-state index in [1.165, 1.54) is 13.2 Å². The van der Waals surface area contributed by atoms with Crippen LogP contribution in [0.15, 0.2) is 42.5 Å². The Hall–Kier alpha value is -2.89. The van der Waals surface area contributed by atoms with Crippen molar-refractivity contribution in [1.29, 1.82) is 0 Å². The first-order valence-corrected chi connectivity index (χ1v) is 9.40. The normalized spacial score (nSPS) is 16.4. The fourth-order valence-electron chi connectivity index (χ4n) is 3.65. The molecule has 0 bridgehead atoms. The Morgan fingerprint density at radius 1 is 1.29 bits per heavy atom. The van der Waals surface area contributed by atoms with E-state index in [1.54, 1.807) is 29.0 Å². The predicted octanol–water partition coefficient (Wildman–Crippen LogP) is 3.41. The molecule has 0 unspecified atom stereocenters. The molecule has 2 amide bonds. The third kappa shape index (κ3) is 4.01. The number of nitrogens with zero attached hydrogens (tertiary/aromatic N) is 2. The smallest absolute Gasteiger partial charge is 0.228 e. The summed E-state index contributed by atoms with van der Waals surface area (Å²) < 4.78 is 18.8. The number of hydrogen-bond donors (Lipinski definition) is 0. The van der Waals surface area contributed by atoms with Gasteiger partial charge in [0.2, 0.25) is 11.8 Å². The zero-order valence-electron chi connectivity index (χ0n) is 16.4. The molecule has 0 aliphatic carbocycles. The van der Waals surface area contributed by atoms with E-state index in [9.17, 15) is 14.0 Å². The molecule has 148 valence electrons. The maximum atomic E-state index is 13.9. The highest BCUT2D eigenvalue weighted by atomic mass is 19.1. The van der Waals surface area contributed by atoms with E-state index in [4.69, 9.17) is 4.74 Å². The Bertz CT molecular complexity index is 884. The SMILES string of the molecule is CCc1ccccc1N1C[C@@H](C(=O)N(C)Cc2ccc(OC)c(F)c2)CC1=O. The van der Waals surface area contributed by atoms with Crippen molar-refractivity contribution in [1.82, 2.24) is 4.90 Å². The predicted molar refractivity (Wildman–Crippen MR) is 106 cm³/mol. The number of para-hydroxylation sites is 1. The lowest BCUT2D eigenvalue weighted by Gasteiger charge is -2.23. The number of benzene rings is 2. The fourth-order valence-corrected chi connectivity index (χ4v) is 3.65. The number of amides is 2. The molecule has 2 aromatic carbocycles. The summed E-state index contributed by atoms with van der Waals surface area (Å²) in [5, 5.41) is 0. The van der Waals surface area contributed by atoms with Crippen LogP contribution in [0.25, 0.3) is 0 Å². The Kier molecular flexibility index (Phi) is 5.97. The second kappa shape index (κ2) is 8.42. The quantitative estimate of drug-likeness (QED) is 0.767. The summed E-state index contributed by atoms with van der Waals surface area (Å²) in [5.41, 5.74) is 2.64. The van der Waals surface area contributed by atoms with Gasteiger partial charge < -0.3 is 14.5 Å². The highest BCUT2D eigenvalue weighted by molar-refractivity contribution is 6.00. The summed E-state index contributed by atoms with van der Waals surface area (Å²) in [6, 6.07) is 12.4. The molecule has 0 aromatic heterocycles. The van der Waals surface area contributed by atoms with Gasteiger partial charge in [0.15, 0.2) is 11.6 Å². The van der Waals surface area contributed by atoms with E-state index in [0.717, 1.165) is 17.7 Å². The molecular formula is C22H25FN2O3. The summed E-state index contributed by atoms with van der Waals surface area (Å²) in [6.45, 7) is 2.69. The maximum absolute atomic E-state index is 13.9. The van der Waals surface area contributed by atoms with Crippen LogP contribution < -0.4 is 9.64 Å². The van der Waals surface area contributed by atoms with Crippen LogP contribution in [0.1, 0.15) is 24.5 Å². The third-order valence-electron chi connectivity index (χ3n) is 5.15. The van der Waals surface area contributed by atoms with E-state index < -0.39 is 11.7 Å². The van der Waals surface area contributed by atoms with Crippen molar-refractivity contribution >= 4 is 17.5 Å². The molecule has 1 heterocycles. The van der Waals surface area contributed by atoms with E-state index in [2.05, 4.69) is 0 Å². The Morgan fingerprint density at radius 3 is 2.71 bits per heavy atom. The molecule has 2 aromatic rings. The van der Waals surface area contributed by atoms with Crippen LogP contribution in [0.5, 0.6) is 5.75 Å². The first-order chi connectivity index (χ1) is 13.4. The zero-order valence-corrected chi connectivity index (χ0v) is 16.4. The molecule has 5 nitrogen and oxygen atoms in total. The Labute approximate surface area is 164 Å². The molecule has 1 atom stereocenters. The van der Waals surface area contributed by atoms with Crippen molar-refractivity contribution in [3.8, 4) is 5.75 Å². The van der Waals surface area contributed by atoms with Gasteiger partial charge in [0.1, 0.15) is 0 Å². The summed E-state index contributed by atoms with van der Waals surface area (Å²) in [6.07, 6.45) is 1.01. The first-order valence-electron chi connectivity index (χ1n) is 9.40. The number of rotatable bonds is 6. The number of anilines is 1. The first kappa shape index (κ1) is 19.9. The van der Waals surface area contributed by atoms with Crippen molar-refractivity contribution < 1.29 is 18.7 Å². The summed E-state index contributed by atoms with van der Waals surface area (Å²) in [4.78, 5) is 28.7. The number of ether oxygens (including phenoxy) is 1. The molecular weight excluding hydrogens is 359 g/mol. The lowest BCUT2D eigenvalue weighted by atomic mass is 10.1. The van der Waals surface area contributed by atoms with Crippen LogP contribution in [0, 0.1) is 11.7 Å². The van der Waals surface area contributed by atoms with Crippen LogP contribution in [-0.4, -0.2) is 37.4 Å². The van der Waals surface area contributed by atoms with Crippen molar-refractivity contribution in [2.75, 3.05) is 25.6 Å².